The maximum atomic E-state index is 12.7. The Kier molecular flexibility index (Phi) is 4.29. The number of aliphatic hydroxyl groups is 1. The molecule has 23 heavy (non-hydrogen) atoms. The van der Waals surface area contributed by atoms with Gasteiger partial charge in [-0.25, -0.2) is 9.97 Å². The van der Waals surface area contributed by atoms with Crippen LogP contribution in [-0.2, 0) is 6.54 Å². The number of rotatable bonds is 3. The van der Waals surface area contributed by atoms with Gasteiger partial charge in [0.1, 0.15) is 10.7 Å². The molecule has 0 unspecified atom stereocenters. The third-order valence-corrected chi connectivity index (χ3v) is 4.17. The fraction of sp³-hybridized carbons (Fsp3) is 0.562. The number of piperidine rings is 1. The Balaban J connectivity index is 2.13. The van der Waals surface area contributed by atoms with Crippen molar-refractivity contribution in [2.75, 3.05) is 18.0 Å². The van der Waals surface area contributed by atoms with E-state index in [0.717, 1.165) is 25.9 Å². The van der Waals surface area contributed by atoms with E-state index in [2.05, 4.69) is 14.9 Å². The summed E-state index contributed by atoms with van der Waals surface area (Å²) in [6.07, 6.45) is 4.89. The van der Waals surface area contributed by atoms with Gasteiger partial charge in [0.15, 0.2) is 5.82 Å². The molecule has 0 aliphatic carbocycles. The fourth-order valence-electron chi connectivity index (χ4n) is 2.97. The number of halogens is 1. The number of nitrogens with zero attached hydrogens (tertiary/aromatic N) is 4. The van der Waals surface area contributed by atoms with Gasteiger partial charge >= 0.3 is 0 Å². The minimum absolute atomic E-state index is 0.174. The van der Waals surface area contributed by atoms with Gasteiger partial charge in [-0.1, -0.05) is 11.6 Å². The lowest BCUT2D eigenvalue weighted by Crippen LogP contribution is -2.34. The van der Waals surface area contributed by atoms with Crippen molar-refractivity contribution < 1.29 is 5.11 Å². The average molecular weight is 337 g/mol. The second-order valence-corrected chi connectivity index (χ2v) is 7.09. The zero-order valence-corrected chi connectivity index (χ0v) is 14.2. The van der Waals surface area contributed by atoms with Crippen LogP contribution in [0.1, 0.15) is 33.1 Å². The SMILES string of the molecule is CC(C)(O)Cn1cnc2c(N3CCCCC3)nc(Cl)cc2c1=O. The van der Waals surface area contributed by atoms with E-state index in [1.165, 1.54) is 17.3 Å². The van der Waals surface area contributed by atoms with Crippen LogP contribution in [0.3, 0.4) is 0 Å². The van der Waals surface area contributed by atoms with E-state index < -0.39 is 5.60 Å². The molecule has 2 aromatic heterocycles. The maximum absolute atomic E-state index is 12.7. The van der Waals surface area contributed by atoms with Crippen molar-refractivity contribution in [2.45, 2.75) is 45.3 Å². The zero-order valence-electron chi connectivity index (χ0n) is 13.4. The Bertz CT molecular complexity index is 776. The predicted octanol–water partition coefficient (Wildman–Crippen LogP) is 2.21. The number of fused-ring (bicyclic) bond motifs is 1. The van der Waals surface area contributed by atoms with Gasteiger partial charge in [-0.3, -0.25) is 9.36 Å². The molecule has 0 amide bonds. The molecule has 1 saturated heterocycles. The highest BCUT2D eigenvalue weighted by molar-refractivity contribution is 6.30. The first-order valence-corrected chi connectivity index (χ1v) is 8.26. The smallest absolute Gasteiger partial charge is 0.261 e. The molecule has 0 radical (unpaired) electrons. The highest BCUT2D eigenvalue weighted by Gasteiger charge is 2.20. The largest absolute Gasteiger partial charge is 0.389 e. The van der Waals surface area contributed by atoms with Crippen molar-refractivity contribution in [3.05, 3.63) is 27.9 Å². The first kappa shape index (κ1) is 16.2. The third kappa shape index (κ3) is 3.48. The molecule has 0 saturated carbocycles. The topological polar surface area (TPSA) is 71.2 Å². The minimum Gasteiger partial charge on any atom is -0.389 e. The maximum Gasteiger partial charge on any atom is 0.261 e. The van der Waals surface area contributed by atoms with Crippen LogP contribution in [-0.4, -0.2) is 38.3 Å². The molecule has 0 atom stereocenters. The van der Waals surface area contributed by atoms with Crippen molar-refractivity contribution in [1.29, 1.82) is 0 Å². The minimum atomic E-state index is -0.994. The summed E-state index contributed by atoms with van der Waals surface area (Å²) in [5.74, 6) is 0.680. The zero-order chi connectivity index (χ0) is 16.6. The van der Waals surface area contributed by atoms with Crippen LogP contribution in [0.2, 0.25) is 5.15 Å². The van der Waals surface area contributed by atoms with E-state index in [-0.39, 0.29) is 17.3 Å². The van der Waals surface area contributed by atoms with E-state index in [1.54, 1.807) is 19.9 Å². The predicted molar refractivity (Wildman–Crippen MR) is 91.2 cm³/mol. The Labute approximate surface area is 139 Å². The van der Waals surface area contributed by atoms with Gasteiger partial charge in [0.2, 0.25) is 0 Å². The molecule has 1 aliphatic rings. The Morgan fingerprint density at radius 1 is 1.30 bits per heavy atom. The molecule has 0 aromatic carbocycles. The molecule has 0 spiro atoms. The van der Waals surface area contributed by atoms with Crippen LogP contribution in [0.5, 0.6) is 0 Å². The quantitative estimate of drug-likeness (QED) is 0.870. The lowest BCUT2D eigenvalue weighted by molar-refractivity contribution is 0.0603. The van der Waals surface area contributed by atoms with Crippen molar-refractivity contribution in [2.24, 2.45) is 0 Å². The summed E-state index contributed by atoms with van der Waals surface area (Å²) >= 11 is 6.14. The molecular weight excluding hydrogens is 316 g/mol. The molecule has 3 rings (SSSR count). The molecule has 124 valence electrons. The van der Waals surface area contributed by atoms with Crippen LogP contribution >= 0.6 is 11.6 Å². The summed E-state index contributed by atoms with van der Waals surface area (Å²) in [5, 5.41) is 10.7. The second-order valence-electron chi connectivity index (χ2n) is 6.70. The molecule has 0 bridgehead atoms. The summed E-state index contributed by atoms with van der Waals surface area (Å²) in [5.41, 5.74) is -0.626. The van der Waals surface area contributed by atoms with Gasteiger partial charge in [0, 0.05) is 13.1 Å². The summed E-state index contributed by atoms with van der Waals surface area (Å²) in [6, 6.07) is 1.56. The number of aromatic nitrogens is 3. The van der Waals surface area contributed by atoms with Crippen LogP contribution < -0.4 is 10.5 Å². The number of hydrogen-bond donors (Lipinski definition) is 1. The second kappa shape index (κ2) is 6.09. The summed E-state index contributed by atoms with van der Waals surface area (Å²) < 4.78 is 1.42. The molecule has 1 aliphatic heterocycles. The molecule has 2 aromatic rings. The third-order valence-electron chi connectivity index (χ3n) is 3.97. The molecule has 1 N–H and O–H groups in total. The number of anilines is 1. The lowest BCUT2D eigenvalue weighted by Gasteiger charge is -2.28. The van der Waals surface area contributed by atoms with E-state index in [1.807, 2.05) is 0 Å². The first-order chi connectivity index (χ1) is 10.8. The summed E-state index contributed by atoms with van der Waals surface area (Å²) in [4.78, 5) is 23.7. The van der Waals surface area contributed by atoms with Crippen molar-refractivity contribution >= 4 is 28.3 Å². The van der Waals surface area contributed by atoms with Gasteiger partial charge in [-0.05, 0) is 39.2 Å². The molecule has 7 heteroatoms. The standard InChI is InChI=1S/C16H21ClN4O2/c1-16(2,23)9-21-10-18-13-11(15(21)22)8-12(17)19-14(13)20-6-4-3-5-7-20/h8,10,23H,3-7,9H2,1-2H3. The number of hydrogen-bond acceptors (Lipinski definition) is 5. The van der Waals surface area contributed by atoms with Gasteiger partial charge < -0.3 is 10.0 Å². The first-order valence-electron chi connectivity index (χ1n) is 7.88. The van der Waals surface area contributed by atoms with E-state index in [9.17, 15) is 9.90 Å². The van der Waals surface area contributed by atoms with E-state index >= 15 is 0 Å². The van der Waals surface area contributed by atoms with Crippen LogP contribution in [0.4, 0.5) is 5.82 Å². The summed E-state index contributed by atoms with van der Waals surface area (Å²) in [6.45, 7) is 5.28. The molecular formula is C16H21ClN4O2. The highest BCUT2D eigenvalue weighted by Crippen LogP contribution is 2.26. The van der Waals surface area contributed by atoms with Crippen molar-refractivity contribution in [1.82, 2.24) is 14.5 Å². The fourth-order valence-corrected chi connectivity index (χ4v) is 3.16. The van der Waals surface area contributed by atoms with Gasteiger partial charge in [-0.15, -0.1) is 0 Å². The van der Waals surface area contributed by atoms with Crippen LogP contribution in [0, 0.1) is 0 Å². The normalized spacial score (nSPS) is 16.1. The molecule has 3 heterocycles. The number of pyridine rings is 1. The summed E-state index contributed by atoms with van der Waals surface area (Å²) in [7, 11) is 0. The Morgan fingerprint density at radius 3 is 2.65 bits per heavy atom. The van der Waals surface area contributed by atoms with Crippen LogP contribution in [0.15, 0.2) is 17.2 Å². The molecule has 1 fully saturated rings. The van der Waals surface area contributed by atoms with Gasteiger partial charge in [-0.2, -0.15) is 0 Å². The lowest BCUT2D eigenvalue weighted by atomic mass is 10.1. The highest BCUT2D eigenvalue weighted by atomic mass is 35.5. The Hall–Kier alpha value is -1.66. The monoisotopic (exact) mass is 336 g/mol. The Morgan fingerprint density at radius 2 is 2.00 bits per heavy atom. The van der Waals surface area contributed by atoms with Crippen molar-refractivity contribution in [3.8, 4) is 0 Å². The van der Waals surface area contributed by atoms with E-state index in [0.29, 0.717) is 16.7 Å². The van der Waals surface area contributed by atoms with Crippen molar-refractivity contribution in [3.63, 3.8) is 0 Å². The van der Waals surface area contributed by atoms with E-state index in [4.69, 9.17) is 11.6 Å². The molecule has 6 nitrogen and oxygen atoms in total. The van der Waals surface area contributed by atoms with Crippen LogP contribution in [0.25, 0.3) is 10.9 Å². The van der Waals surface area contributed by atoms with Gasteiger partial charge in [0.05, 0.1) is 23.9 Å². The van der Waals surface area contributed by atoms with Gasteiger partial charge in [0.25, 0.3) is 5.56 Å². The average Bonchev–Trinajstić information content (AvgIpc) is 2.49.